The van der Waals surface area contributed by atoms with E-state index in [1.54, 1.807) is 6.92 Å². The predicted octanol–water partition coefficient (Wildman–Crippen LogP) is 4.39. The number of benzene rings is 2. The zero-order chi connectivity index (χ0) is 19.1. The molecule has 0 radical (unpaired) electrons. The average Bonchev–Trinajstić information content (AvgIpc) is 2.61. The van der Waals surface area contributed by atoms with Gasteiger partial charge in [0.1, 0.15) is 18.1 Å². The lowest BCUT2D eigenvalue weighted by atomic mass is 10.0. The van der Waals surface area contributed by atoms with E-state index in [1.807, 2.05) is 42.5 Å². The zero-order valence-electron chi connectivity index (χ0n) is 16.3. The standard InChI is InChI=1S/C22H29NO3/c1-15(2)20-8-6-7-9-21(20)26-18(5)22(24)23-12-13-25-19-11-10-16(3)17(4)14-19/h6-11,14-15,18H,12-13H2,1-5H3,(H,23,24)/t18-/m0/s1. The Balaban J connectivity index is 1.79. The molecule has 0 aromatic heterocycles. The predicted molar refractivity (Wildman–Crippen MR) is 105 cm³/mol. The van der Waals surface area contributed by atoms with Crippen molar-refractivity contribution >= 4 is 5.91 Å². The van der Waals surface area contributed by atoms with Gasteiger partial charge in [0, 0.05) is 0 Å². The number of amides is 1. The molecule has 2 rings (SSSR count). The summed E-state index contributed by atoms with van der Waals surface area (Å²) < 4.78 is 11.5. The Morgan fingerprint density at radius 2 is 1.77 bits per heavy atom. The molecular weight excluding hydrogens is 326 g/mol. The molecule has 1 atom stereocenters. The highest BCUT2D eigenvalue weighted by molar-refractivity contribution is 5.80. The van der Waals surface area contributed by atoms with Crippen molar-refractivity contribution in [2.45, 2.75) is 46.6 Å². The van der Waals surface area contributed by atoms with Crippen molar-refractivity contribution < 1.29 is 14.3 Å². The van der Waals surface area contributed by atoms with E-state index in [0.29, 0.717) is 19.1 Å². The normalized spacial score (nSPS) is 11.9. The molecule has 4 nitrogen and oxygen atoms in total. The number of aryl methyl sites for hydroxylation is 2. The Bertz CT molecular complexity index is 740. The van der Waals surface area contributed by atoms with Crippen molar-refractivity contribution in [3.8, 4) is 11.5 Å². The van der Waals surface area contributed by atoms with Crippen LogP contribution in [0.1, 0.15) is 43.4 Å². The van der Waals surface area contributed by atoms with Gasteiger partial charge in [0.25, 0.3) is 5.91 Å². The quantitative estimate of drug-likeness (QED) is 0.715. The van der Waals surface area contributed by atoms with Crippen LogP contribution >= 0.6 is 0 Å². The summed E-state index contributed by atoms with van der Waals surface area (Å²) in [6.45, 7) is 11.0. The summed E-state index contributed by atoms with van der Waals surface area (Å²) in [6.07, 6.45) is -0.559. The number of nitrogens with one attached hydrogen (secondary N) is 1. The highest BCUT2D eigenvalue weighted by atomic mass is 16.5. The second-order valence-corrected chi connectivity index (χ2v) is 6.84. The molecule has 0 unspecified atom stereocenters. The molecule has 0 aliphatic carbocycles. The van der Waals surface area contributed by atoms with Crippen molar-refractivity contribution in [1.82, 2.24) is 5.32 Å². The van der Waals surface area contributed by atoms with Crippen LogP contribution in [0.15, 0.2) is 42.5 Å². The summed E-state index contributed by atoms with van der Waals surface area (Å²) >= 11 is 0. The minimum atomic E-state index is -0.559. The van der Waals surface area contributed by atoms with Gasteiger partial charge >= 0.3 is 0 Å². The van der Waals surface area contributed by atoms with Gasteiger partial charge in [-0.3, -0.25) is 4.79 Å². The lowest BCUT2D eigenvalue weighted by Crippen LogP contribution is -2.38. The van der Waals surface area contributed by atoms with Gasteiger partial charge < -0.3 is 14.8 Å². The average molecular weight is 355 g/mol. The van der Waals surface area contributed by atoms with E-state index in [1.165, 1.54) is 11.1 Å². The molecule has 26 heavy (non-hydrogen) atoms. The fraction of sp³-hybridized carbons (Fsp3) is 0.409. The van der Waals surface area contributed by atoms with E-state index >= 15 is 0 Å². The van der Waals surface area contributed by atoms with E-state index in [4.69, 9.17) is 9.47 Å². The van der Waals surface area contributed by atoms with Crippen molar-refractivity contribution in [2.75, 3.05) is 13.2 Å². The number of rotatable bonds is 8. The molecule has 4 heteroatoms. The Hall–Kier alpha value is -2.49. The first-order valence-corrected chi connectivity index (χ1v) is 9.12. The maximum Gasteiger partial charge on any atom is 0.260 e. The summed E-state index contributed by atoms with van der Waals surface area (Å²) in [5.74, 6) is 1.77. The molecule has 0 saturated carbocycles. The SMILES string of the molecule is Cc1ccc(OCCNC(=O)[C@H](C)Oc2ccccc2C(C)C)cc1C. The molecule has 2 aromatic rings. The lowest BCUT2D eigenvalue weighted by molar-refractivity contribution is -0.127. The Kier molecular flexibility index (Phi) is 7.07. The zero-order valence-corrected chi connectivity index (χ0v) is 16.3. The van der Waals surface area contributed by atoms with Crippen LogP contribution in [0, 0.1) is 13.8 Å². The van der Waals surface area contributed by atoms with Crippen molar-refractivity contribution in [2.24, 2.45) is 0 Å². The molecule has 0 fully saturated rings. The number of ether oxygens (including phenoxy) is 2. The number of para-hydroxylation sites is 1. The van der Waals surface area contributed by atoms with Crippen LogP contribution in [0.2, 0.25) is 0 Å². The Morgan fingerprint density at radius 3 is 2.46 bits per heavy atom. The molecule has 1 N–H and O–H groups in total. The highest BCUT2D eigenvalue weighted by Crippen LogP contribution is 2.26. The van der Waals surface area contributed by atoms with Gasteiger partial charge in [0.2, 0.25) is 0 Å². The van der Waals surface area contributed by atoms with Gasteiger partial charge in [-0.25, -0.2) is 0 Å². The van der Waals surface area contributed by atoms with E-state index in [0.717, 1.165) is 17.1 Å². The van der Waals surface area contributed by atoms with Crippen LogP contribution < -0.4 is 14.8 Å². The topological polar surface area (TPSA) is 47.6 Å². The fourth-order valence-corrected chi connectivity index (χ4v) is 2.60. The first kappa shape index (κ1) is 19.8. The molecule has 0 saturated heterocycles. The largest absolute Gasteiger partial charge is 0.492 e. The van der Waals surface area contributed by atoms with Gasteiger partial charge in [-0.2, -0.15) is 0 Å². The van der Waals surface area contributed by atoms with Crippen LogP contribution in [0.4, 0.5) is 0 Å². The summed E-state index contributed by atoms with van der Waals surface area (Å²) in [7, 11) is 0. The molecule has 0 bridgehead atoms. The summed E-state index contributed by atoms with van der Waals surface area (Å²) in [5.41, 5.74) is 3.53. The van der Waals surface area contributed by atoms with Crippen LogP contribution in [-0.2, 0) is 4.79 Å². The number of hydrogen-bond donors (Lipinski definition) is 1. The number of carbonyl (C=O) groups excluding carboxylic acids is 1. The second kappa shape index (κ2) is 9.27. The first-order chi connectivity index (χ1) is 12.4. The molecule has 0 spiro atoms. The maximum atomic E-state index is 12.2. The summed E-state index contributed by atoms with van der Waals surface area (Å²) in [5, 5.41) is 2.86. The van der Waals surface area contributed by atoms with Crippen molar-refractivity contribution in [1.29, 1.82) is 0 Å². The van der Waals surface area contributed by atoms with Gasteiger partial charge in [-0.15, -0.1) is 0 Å². The monoisotopic (exact) mass is 355 g/mol. The van der Waals surface area contributed by atoms with Crippen molar-refractivity contribution in [3.63, 3.8) is 0 Å². The Morgan fingerprint density at radius 1 is 1.04 bits per heavy atom. The first-order valence-electron chi connectivity index (χ1n) is 9.12. The number of carbonyl (C=O) groups is 1. The van der Waals surface area contributed by atoms with Crippen LogP contribution in [-0.4, -0.2) is 25.2 Å². The Labute approximate surface area is 156 Å². The minimum Gasteiger partial charge on any atom is -0.492 e. The summed E-state index contributed by atoms with van der Waals surface area (Å²) in [4.78, 5) is 12.2. The highest BCUT2D eigenvalue weighted by Gasteiger charge is 2.16. The van der Waals surface area contributed by atoms with Gasteiger partial charge in [-0.05, 0) is 61.6 Å². The molecule has 0 aliphatic heterocycles. The smallest absolute Gasteiger partial charge is 0.260 e. The molecule has 0 heterocycles. The van der Waals surface area contributed by atoms with Crippen LogP contribution in [0.5, 0.6) is 11.5 Å². The molecular formula is C22H29NO3. The minimum absolute atomic E-state index is 0.146. The molecule has 1 amide bonds. The molecule has 2 aromatic carbocycles. The lowest BCUT2D eigenvalue weighted by Gasteiger charge is -2.18. The third kappa shape index (κ3) is 5.51. The van der Waals surface area contributed by atoms with E-state index in [2.05, 4.69) is 33.0 Å². The van der Waals surface area contributed by atoms with E-state index < -0.39 is 6.10 Å². The summed E-state index contributed by atoms with van der Waals surface area (Å²) in [6, 6.07) is 13.8. The van der Waals surface area contributed by atoms with Gasteiger partial charge in [0.15, 0.2) is 6.10 Å². The molecule has 140 valence electrons. The van der Waals surface area contributed by atoms with E-state index in [-0.39, 0.29) is 5.91 Å². The van der Waals surface area contributed by atoms with Crippen LogP contribution in [0.3, 0.4) is 0 Å². The van der Waals surface area contributed by atoms with Gasteiger partial charge in [0.05, 0.1) is 6.54 Å². The van der Waals surface area contributed by atoms with Crippen molar-refractivity contribution in [3.05, 3.63) is 59.2 Å². The third-order valence-electron chi connectivity index (χ3n) is 4.36. The molecule has 0 aliphatic rings. The third-order valence-corrected chi connectivity index (χ3v) is 4.36. The van der Waals surface area contributed by atoms with E-state index in [9.17, 15) is 4.79 Å². The number of hydrogen-bond acceptors (Lipinski definition) is 3. The maximum absolute atomic E-state index is 12.2. The van der Waals surface area contributed by atoms with Gasteiger partial charge in [-0.1, -0.05) is 38.1 Å². The van der Waals surface area contributed by atoms with Crippen LogP contribution in [0.25, 0.3) is 0 Å². The second-order valence-electron chi connectivity index (χ2n) is 6.84. The fourth-order valence-electron chi connectivity index (χ4n) is 2.60.